The van der Waals surface area contributed by atoms with Crippen LogP contribution in [0.25, 0.3) is 0 Å². The number of nitrogen functional groups attached to an aromatic ring is 1. The van der Waals surface area contributed by atoms with Crippen molar-refractivity contribution in [3.05, 3.63) is 46.3 Å². The summed E-state index contributed by atoms with van der Waals surface area (Å²) in [5, 5.41) is 5.90. The summed E-state index contributed by atoms with van der Waals surface area (Å²) in [6, 6.07) is 7.31. The molecular formula is C9H9N3O2. The topological polar surface area (TPSA) is 84.9 Å². The highest BCUT2D eigenvalue weighted by molar-refractivity contribution is 5.39. The number of rotatable bonds is 2. The van der Waals surface area contributed by atoms with Gasteiger partial charge in [-0.05, 0) is 17.7 Å². The first-order chi connectivity index (χ1) is 6.74. The van der Waals surface area contributed by atoms with E-state index in [9.17, 15) is 4.79 Å². The molecule has 0 saturated carbocycles. The number of aromatic amines is 1. The van der Waals surface area contributed by atoms with Crippen LogP contribution in [0.4, 0.5) is 5.69 Å². The van der Waals surface area contributed by atoms with Crippen molar-refractivity contribution in [3.8, 4) is 0 Å². The first-order valence-corrected chi connectivity index (χ1v) is 4.13. The average Bonchev–Trinajstić information content (AvgIpc) is 2.56. The van der Waals surface area contributed by atoms with Gasteiger partial charge in [0, 0.05) is 5.69 Å². The second kappa shape index (κ2) is 3.37. The number of H-pyrrole nitrogens is 1. The van der Waals surface area contributed by atoms with Crippen LogP contribution in [-0.2, 0) is 6.42 Å². The standard InChI is InChI=1S/C9H9N3O2/c10-7-3-1-6(2-4-7)5-8-11-12-9(13)14-8/h1-4H,5,10H2,(H,12,13). The molecule has 5 heteroatoms. The minimum Gasteiger partial charge on any atom is -0.399 e. The van der Waals surface area contributed by atoms with Crippen LogP contribution in [0.3, 0.4) is 0 Å². The summed E-state index contributed by atoms with van der Waals surface area (Å²) in [5.74, 6) is -0.157. The summed E-state index contributed by atoms with van der Waals surface area (Å²) in [7, 11) is 0. The lowest BCUT2D eigenvalue weighted by Crippen LogP contribution is -1.94. The van der Waals surface area contributed by atoms with Gasteiger partial charge in [-0.3, -0.25) is 0 Å². The molecule has 0 fully saturated rings. The number of nitrogens with zero attached hydrogens (tertiary/aromatic N) is 1. The molecule has 0 unspecified atom stereocenters. The Labute approximate surface area is 79.6 Å². The van der Waals surface area contributed by atoms with Crippen LogP contribution in [0, 0.1) is 0 Å². The molecule has 0 saturated heterocycles. The molecule has 0 bridgehead atoms. The lowest BCUT2D eigenvalue weighted by molar-refractivity contribution is 0.471. The van der Waals surface area contributed by atoms with E-state index in [1.165, 1.54) is 0 Å². The van der Waals surface area contributed by atoms with Crippen molar-refractivity contribution in [2.24, 2.45) is 0 Å². The lowest BCUT2D eigenvalue weighted by atomic mass is 10.1. The van der Waals surface area contributed by atoms with Gasteiger partial charge in [0.15, 0.2) is 0 Å². The number of nitrogens with two attached hydrogens (primary N) is 1. The first kappa shape index (κ1) is 8.55. The maximum absolute atomic E-state index is 10.6. The number of benzene rings is 1. The predicted molar refractivity (Wildman–Crippen MR) is 50.8 cm³/mol. The molecule has 3 N–H and O–H groups in total. The van der Waals surface area contributed by atoms with Gasteiger partial charge in [0.05, 0.1) is 6.42 Å². The van der Waals surface area contributed by atoms with Gasteiger partial charge in [-0.15, -0.1) is 5.10 Å². The predicted octanol–water partition coefficient (Wildman–Crippen LogP) is 0.536. The summed E-state index contributed by atoms with van der Waals surface area (Å²) < 4.78 is 4.76. The molecule has 2 aromatic rings. The van der Waals surface area contributed by atoms with Crippen molar-refractivity contribution in [1.29, 1.82) is 0 Å². The zero-order valence-electron chi connectivity index (χ0n) is 7.36. The van der Waals surface area contributed by atoms with E-state index in [0.717, 1.165) is 5.56 Å². The summed E-state index contributed by atoms with van der Waals surface area (Å²) in [5.41, 5.74) is 7.23. The SMILES string of the molecule is Nc1ccc(Cc2n[nH]c(=O)o2)cc1. The molecule has 0 aliphatic rings. The highest BCUT2D eigenvalue weighted by Crippen LogP contribution is 2.08. The minimum atomic E-state index is -0.532. The minimum absolute atomic E-state index is 0.375. The van der Waals surface area contributed by atoms with Crippen LogP contribution in [0.5, 0.6) is 0 Å². The molecule has 0 aliphatic carbocycles. The van der Waals surface area contributed by atoms with Crippen molar-refractivity contribution in [2.75, 3.05) is 5.73 Å². The fourth-order valence-electron chi connectivity index (χ4n) is 1.15. The normalized spacial score (nSPS) is 10.3. The molecule has 14 heavy (non-hydrogen) atoms. The van der Waals surface area contributed by atoms with E-state index < -0.39 is 5.76 Å². The van der Waals surface area contributed by atoms with Crippen LogP contribution in [0.1, 0.15) is 11.5 Å². The lowest BCUT2D eigenvalue weighted by Gasteiger charge is -1.96. The van der Waals surface area contributed by atoms with Gasteiger partial charge in [-0.25, -0.2) is 9.89 Å². The number of nitrogens with one attached hydrogen (secondary N) is 1. The quantitative estimate of drug-likeness (QED) is 0.678. The van der Waals surface area contributed by atoms with Crippen LogP contribution < -0.4 is 11.5 Å². The highest BCUT2D eigenvalue weighted by Gasteiger charge is 2.02. The molecule has 0 atom stereocenters. The van der Waals surface area contributed by atoms with E-state index in [0.29, 0.717) is 18.0 Å². The Bertz CT molecular complexity index is 469. The molecule has 1 aromatic heterocycles. The van der Waals surface area contributed by atoms with Gasteiger partial charge in [-0.1, -0.05) is 12.1 Å². The number of anilines is 1. The Morgan fingerprint density at radius 3 is 2.64 bits per heavy atom. The second-order valence-corrected chi connectivity index (χ2v) is 2.93. The third-order valence-electron chi connectivity index (χ3n) is 1.82. The van der Waals surface area contributed by atoms with Crippen molar-refractivity contribution in [3.63, 3.8) is 0 Å². The maximum atomic E-state index is 10.6. The van der Waals surface area contributed by atoms with Crippen LogP contribution in [0.15, 0.2) is 33.5 Å². The molecular weight excluding hydrogens is 182 g/mol. The zero-order valence-corrected chi connectivity index (χ0v) is 7.36. The molecule has 72 valence electrons. The van der Waals surface area contributed by atoms with Crippen LogP contribution >= 0.6 is 0 Å². The molecule has 1 aromatic carbocycles. The fourth-order valence-corrected chi connectivity index (χ4v) is 1.15. The van der Waals surface area contributed by atoms with E-state index in [-0.39, 0.29) is 0 Å². The van der Waals surface area contributed by atoms with E-state index in [2.05, 4.69) is 10.2 Å². The average molecular weight is 191 g/mol. The molecule has 0 radical (unpaired) electrons. The molecule has 2 rings (SSSR count). The first-order valence-electron chi connectivity index (χ1n) is 4.13. The van der Waals surface area contributed by atoms with E-state index >= 15 is 0 Å². The van der Waals surface area contributed by atoms with E-state index in [1.54, 1.807) is 12.1 Å². The number of hydrogen-bond acceptors (Lipinski definition) is 4. The van der Waals surface area contributed by atoms with Gasteiger partial charge in [0.1, 0.15) is 0 Å². The van der Waals surface area contributed by atoms with Crippen molar-refractivity contribution >= 4 is 5.69 Å². The Hall–Kier alpha value is -2.04. The number of hydrogen-bond donors (Lipinski definition) is 2. The smallest absolute Gasteiger partial charge is 0.399 e. The Morgan fingerprint density at radius 2 is 2.07 bits per heavy atom. The van der Waals surface area contributed by atoms with Crippen molar-refractivity contribution in [2.45, 2.75) is 6.42 Å². The molecule has 1 heterocycles. The van der Waals surface area contributed by atoms with E-state index in [4.69, 9.17) is 10.2 Å². The second-order valence-electron chi connectivity index (χ2n) is 2.93. The third kappa shape index (κ3) is 1.82. The van der Waals surface area contributed by atoms with Crippen LogP contribution in [-0.4, -0.2) is 10.2 Å². The fraction of sp³-hybridized carbons (Fsp3) is 0.111. The number of aromatic nitrogens is 2. The van der Waals surface area contributed by atoms with Crippen LogP contribution in [0.2, 0.25) is 0 Å². The highest BCUT2D eigenvalue weighted by atomic mass is 16.4. The Kier molecular flexibility index (Phi) is 2.06. The maximum Gasteiger partial charge on any atom is 0.434 e. The summed E-state index contributed by atoms with van der Waals surface area (Å²) in [4.78, 5) is 10.6. The zero-order chi connectivity index (χ0) is 9.97. The van der Waals surface area contributed by atoms with Gasteiger partial charge >= 0.3 is 5.76 Å². The third-order valence-corrected chi connectivity index (χ3v) is 1.82. The van der Waals surface area contributed by atoms with E-state index in [1.807, 2.05) is 12.1 Å². The van der Waals surface area contributed by atoms with Gasteiger partial charge in [0.25, 0.3) is 0 Å². The van der Waals surface area contributed by atoms with Gasteiger partial charge in [-0.2, -0.15) is 0 Å². The monoisotopic (exact) mass is 191 g/mol. The summed E-state index contributed by atoms with van der Waals surface area (Å²) in [6.07, 6.45) is 0.485. The largest absolute Gasteiger partial charge is 0.434 e. The van der Waals surface area contributed by atoms with Crippen molar-refractivity contribution < 1.29 is 4.42 Å². The Balaban J connectivity index is 2.19. The Morgan fingerprint density at radius 1 is 1.36 bits per heavy atom. The molecule has 0 aliphatic heterocycles. The summed E-state index contributed by atoms with van der Waals surface area (Å²) in [6.45, 7) is 0. The molecule has 0 spiro atoms. The van der Waals surface area contributed by atoms with Crippen molar-refractivity contribution in [1.82, 2.24) is 10.2 Å². The van der Waals surface area contributed by atoms with Gasteiger partial charge < -0.3 is 10.2 Å². The molecule has 5 nitrogen and oxygen atoms in total. The molecule has 0 amide bonds. The summed E-state index contributed by atoms with van der Waals surface area (Å²) >= 11 is 0. The van der Waals surface area contributed by atoms with Gasteiger partial charge in [0.2, 0.25) is 5.89 Å².